The largest absolute Gasteiger partial charge is 0.495 e. The summed E-state index contributed by atoms with van der Waals surface area (Å²) < 4.78 is 35.2. The van der Waals surface area contributed by atoms with E-state index in [1.807, 2.05) is 68.4 Å². The van der Waals surface area contributed by atoms with Gasteiger partial charge >= 0.3 is 0 Å². The third-order valence-corrected chi connectivity index (χ3v) is 9.90. The van der Waals surface area contributed by atoms with Gasteiger partial charge in [0.15, 0.2) is 0 Å². The number of nitrogens with zero attached hydrogens (tertiary/aromatic N) is 3. The van der Waals surface area contributed by atoms with Crippen LogP contribution in [0.5, 0.6) is 5.75 Å². The molecule has 0 heterocycles. The van der Waals surface area contributed by atoms with Crippen molar-refractivity contribution in [2.45, 2.75) is 51.1 Å². The van der Waals surface area contributed by atoms with E-state index in [0.717, 1.165) is 27.1 Å². The molecule has 0 aliphatic carbocycles. The Bertz CT molecular complexity index is 1920. The number of amides is 2. The number of nitro groups is 1. The van der Waals surface area contributed by atoms with Gasteiger partial charge in [-0.2, -0.15) is 0 Å². The first kappa shape index (κ1) is 36.9. The van der Waals surface area contributed by atoms with Gasteiger partial charge in [0.25, 0.3) is 15.7 Å². The topological polar surface area (TPSA) is 139 Å². The monoisotopic (exact) mass is 706 g/mol. The summed E-state index contributed by atoms with van der Waals surface area (Å²) in [7, 11) is -3.32. The summed E-state index contributed by atoms with van der Waals surface area (Å²) in [5.74, 6) is -0.994. The lowest BCUT2D eigenvalue weighted by molar-refractivity contribution is -0.385. The van der Waals surface area contributed by atoms with Crippen LogP contribution in [0.3, 0.4) is 0 Å². The smallest absolute Gasteiger partial charge is 0.273 e. The SMILES string of the molecule is CCCNC(=O)[C@H](Cc1ccccc1)N(Cc1cccc(C)c1)C(=O)CN(c1cc(Cl)ccc1OC)S(=O)(=O)c1ccc(C)c([N+](=O)[O-])c1. The summed E-state index contributed by atoms with van der Waals surface area (Å²) in [6.45, 7) is 4.91. The Balaban J connectivity index is 1.89. The van der Waals surface area contributed by atoms with Gasteiger partial charge in [0.05, 0.1) is 22.6 Å². The molecule has 0 unspecified atom stereocenters. The van der Waals surface area contributed by atoms with Crippen molar-refractivity contribution in [3.05, 3.63) is 128 Å². The second-order valence-corrected chi connectivity index (χ2v) is 13.8. The average Bonchev–Trinajstić information content (AvgIpc) is 3.07. The Hall–Kier alpha value is -4.94. The zero-order chi connectivity index (χ0) is 35.7. The van der Waals surface area contributed by atoms with Crippen molar-refractivity contribution in [3.8, 4) is 5.75 Å². The van der Waals surface area contributed by atoms with Crippen LogP contribution in [0.15, 0.2) is 95.9 Å². The number of rotatable bonds is 15. The highest BCUT2D eigenvalue weighted by molar-refractivity contribution is 7.92. The van der Waals surface area contributed by atoms with Crippen LogP contribution in [0.1, 0.15) is 35.6 Å². The first-order valence-electron chi connectivity index (χ1n) is 15.6. The summed E-state index contributed by atoms with van der Waals surface area (Å²) in [6.07, 6.45) is 0.824. The molecular formula is C36H39ClN4O7S. The molecule has 1 N–H and O–H groups in total. The predicted octanol–water partition coefficient (Wildman–Crippen LogP) is 6.24. The summed E-state index contributed by atoms with van der Waals surface area (Å²) in [5.41, 5.74) is 2.28. The molecule has 1 atom stereocenters. The zero-order valence-corrected chi connectivity index (χ0v) is 29.3. The highest BCUT2D eigenvalue weighted by Crippen LogP contribution is 2.36. The Labute approximate surface area is 291 Å². The first-order valence-corrected chi connectivity index (χ1v) is 17.5. The third-order valence-electron chi connectivity index (χ3n) is 7.91. The molecule has 11 nitrogen and oxygen atoms in total. The molecule has 13 heteroatoms. The second-order valence-electron chi connectivity index (χ2n) is 11.5. The second kappa shape index (κ2) is 16.4. The fourth-order valence-corrected chi connectivity index (χ4v) is 6.98. The zero-order valence-electron chi connectivity index (χ0n) is 27.8. The maximum Gasteiger partial charge on any atom is 0.273 e. The number of aryl methyl sites for hydroxylation is 2. The predicted molar refractivity (Wildman–Crippen MR) is 189 cm³/mol. The highest BCUT2D eigenvalue weighted by Gasteiger charge is 2.36. The van der Waals surface area contributed by atoms with E-state index < -0.39 is 49.9 Å². The van der Waals surface area contributed by atoms with E-state index in [4.69, 9.17) is 16.3 Å². The van der Waals surface area contributed by atoms with E-state index in [0.29, 0.717) is 13.0 Å². The summed E-state index contributed by atoms with van der Waals surface area (Å²) in [6, 6.07) is 23.5. The van der Waals surface area contributed by atoms with Crippen molar-refractivity contribution in [1.29, 1.82) is 0 Å². The molecule has 0 aliphatic heterocycles. The Morgan fingerprint density at radius 3 is 2.33 bits per heavy atom. The number of benzene rings is 4. The number of nitro benzene ring substituents is 1. The Morgan fingerprint density at radius 1 is 0.959 bits per heavy atom. The summed E-state index contributed by atoms with van der Waals surface area (Å²) in [4.78, 5) is 40.6. The minimum atomic E-state index is -4.66. The lowest BCUT2D eigenvalue weighted by Gasteiger charge is -2.34. The quantitative estimate of drug-likeness (QED) is 0.114. The number of carbonyl (C=O) groups is 2. The van der Waals surface area contributed by atoms with E-state index in [9.17, 15) is 28.1 Å². The van der Waals surface area contributed by atoms with Gasteiger partial charge in [-0.05, 0) is 55.7 Å². The third kappa shape index (κ3) is 9.15. The molecule has 2 amide bonds. The van der Waals surface area contributed by atoms with Crippen LogP contribution in [0.2, 0.25) is 5.02 Å². The molecular weight excluding hydrogens is 668 g/mol. The molecule has 0 spiro atoms. The van der Waals surface area contributed by atoms with E-state index in [2.05, 4.69) is 5.32 Å². The number of carbonyl (C=O) groups excluding carboxylic acids is 2. The van der Waals surface area contributed by atoms with Gasteiger partial charge in [0, 0.05) is 36.2 Å². The van der Waals surface area contributed by atoms with E-state index >= 15 is 0 Å². The molecule has 258 valence electrons. The van der Waals surface area contributed by atoms with Gasteiger partial charge in [0.1, 0.15) is 18.3 Å². The molecule has 0 radical (unpaired) electrons. The van der Waals surface area contributed by atoms with Gasteiger partial charge in [-0.3, -0.25) is 24.0 Å². The maximum atomic E-state index is 14.7. The molecule has 0 bridgehead atoms. The molecule has 0 saturated heterocycles. The number of sulfonamides is 1. The lowest BCUT2D eigenvalue weighted by Crippen LogP contribution is -2.53. The van der Waals surface area contributed by atoms with Crippen LogP contribution in [0.25, 0.3) is 0 Å². The maximum absolute atomic E-state index is 14.7. The average molecular weight is 707 g/mol. The van der Waals surface area contributed by atoms with Crippen LogP contribution in [-0.2, 0) is 32.6 Å². The van der Waals surface area contributed by atoms with E-state index in [1.54, 1.807) is 0 Å². The van der Waals surface area contributed by atoms with Gasteiger partial charge in [-0.1, -0.05) is 84.8 Å². The number of hydrogen-bond donors (Lipinski definition) is 1. The van der Waals surface area contributed by atoms with E-state index in [1.165, 1.54) is 49.3 Å². The van der Waals surface area contributed by atoms with Crippen molar-refractivity contribution < 1.29 is 27.7 Å². The minimum Gasteiger partial charge on any atom is -0.495 e. The molecule has 0 aromatic heterocycles. The van der Waals surface area contributed by atoms with Crippen LogP contribution in [-0.4, -0.2) is 56.3 Å². The molecule has 4 aromatic carbocycles. The highest BCUT2D eigenvalue weighted by atomic mass is 35.5. The minimum absolute atomic E-state index is 0.00582. The molecule has 0 saturated carbocycles. The van der Waals surface area contributed by atoms with Crippen molar-refractivity contribution >= 4 is 44.8 Å². The Morgan fingerprint density at radius 2 is 1.67 bits per heavy atom. The van der Waals surface area contributed by atoms with E-state index in [-0.39, 0.29) is 35.0 Å². The number of anilines is 1. The van der Waals surface area contributed by atoms with Gasteiger partial charge in [-0.25, -0.2) is 8.42 Å². The lowest BCUT2D eigenvalue weighted by atomic mass is 10.0. The van der Waals surface area contributed by atoms with Gasteiger partial charge in [0.2, 0.25) is 11.8 Å². The molecule has 4 aromatic rings. The van der Waals surface area contributed by atoms with Crippen molar-refractivity contribution in [3.63, 3.8) is 0 Å². The van der Waals surface area contributed by atoms with Crippen molar-refractivity contribution in [2.75, 3.05) is 24.5 Å². The number of hydrogen-bond acceptors (Lipinski definition) is 7. The molecule has 0 fully saturated rings. The van der Waals surface area contributed by atoms with Crippen LogP contribution >= 0.6 is 11.6 Å². The van der Waals surface area contributed by atoms with Gasteiger partial charge < -0.3 is 15.0 Å². The van der Waals surface area contributed by atoms with Crippen molar-refractivity contribution in [1.82, 2.24) is 10.2 Å². The molecule has 4 rings (SSSR count). The van der Waals surface area contributed by atoms with Crippen LogP contribution in [0, 0.1) is 24.0 Å². The summed E-state index contributed by atoms with van der Waals surface area (Å²) >= 11 is 6.34. The van der Waals surface area contributed by atoms with Gasteiger partial charge in [-0.15, -0.1) is 0 Å². The number of ether oxygens (including phenoxy) is 1. The fourth-order valence-electron chi connectivity index (χ4n) is 5.37. The fraction of sp³-hybridized carbons (Fsp3) is 0.278. The Kier molecular flexibility index (Phi) is 12.4. The van der Waals surface area contributed by atoms with Crippen molar-refractivity contribution in [2.24, 2.45) is 0 Å². The number of nitrogens with one attached hydrogen (secondary N) is 1. The molecule has 0 aliphatic rings. The normalized spacial score (nSPS) is 11.8. The number of methoxy groups -OCH3 is 1. The van der Waals surface area contributed by atoms with Crippen LogP contribution < -0.4 is 14.4 Å². The standard InChI is InChI=1S/C36H39ClN4O7S/c1-5-18-38-36(43)33(20-27-11-7-6-8-12-27)39(23-28-13-9-10-25(2)19-28)35(42)24-40(32-21-29(37)15-17-34(32)48-4)49(46,47)30-16-14-26(3)31(22-30)41(44)45/h6-17,19,21-22,33H,5,18,20,23-24H2,1-4H3,(H,38,43)/t33-/m0/s1. The summed E-state index contributed by atoms with van der Waals surface area (Å²) in [5, 5.41) is 14.8. The molecule has 49 heavy (non-hydrogen) atoms. The van der Waals surface area contributed by atoms with Crippen LogP contribution in [0.4, 0.5) is 11.4 Å². The first-order chi connectivity index (χ1) is 23.3. The number of halogens is 1.